The van der Waals surface area contributed by atoms with Gasteiger partial charge >= 0.3 is 0 Å². The predicted molar refractivity (Wildman–Crippen MR) is 69.2 cm³/mol. The Labute approximate surface area is 110 Å². The average molecular weight is 254 g/mol. The number of rotatable bonds is 0. The van der Waals surface area contributed by atoms with Crippen LogP contribution in [0.15, 0.2) is 0 Å². The second-order valence-corrected chi connectivity index (χ2v) is 7.70. The number of hydrogen-bond donors (Lipinski definition) is 2. The van der Waals surface area contributed by atoms with Crippen LogP contribution in [0.2, 0.25) is 0 Å². The maximum absolute atomic E-state index is 10.9. The molecule has 3 nitrogen and oxygen atoms in total. The van der Waals surface area contributed by atoms with Gasteiger partial charge in [0.05, 0.1) is 23.9 Å². The van der Waals surface area contributed by atoms with Crippen LogP contribution in [0.3, 0.4) is 0 Å². The Kier molecular flexibility index (Phi) is 2.66. The molecule has 3 fully saturated rings. The molecule has 2 saturated heterocycles. The van der Waals surface area contributed by atoms with Gasteiger partial charge < -0.3 is 14.9 Å². The van der Waals surface area contributed by atoms with E-state index in [1.807, 2.05) is 6.92 Å². The summed E-state index contributed by atoms with van der Waals surface area (Å²) >= 11 is 0. The van der Waals surface area contributed by atoms with E-state index in [1.54, 1.807) is 0 Å². The van der Waals surface area contributed by atoms with Crippen molar-refractivity contribution in [1.82, 2.24) is 0 Å². The van der Waals surface area contributed by atoms with Gasteiger partial charge in [-0.15, -0.1) is 0 Å². The third kappa shape index (κ3) is 1.67. The van der Waals surface area contributed by atoms with Gasteiger partial charge in [-0.2, -0.15) is 0 Å². The fraction of sp³-hybridized carbons (Fsp3) is 1.00. The lowest BCUT2D eigenvalue weighted by atomic mass is 9.49. The molecule has 0 aromatic heterocycles. The number of aliphatic hydroxyl groups is 2. The number of ether oxygens (including phenoxy) is 1. The first kappa shape index (κ1) is 12.9. The Morgan fingerprint density at radius 2 is 1.78 bits per heavy atom. The lowest BCUT2D eigenvalue weighted by Crippen LogP contribution is -2.59. The molecule has 3 heteroatoms. The van der Waals surface area contributed by atoms with E-state index in [0.717, 1.165) is 19.3 Å². The molecule has 0 aromatic rings. The Morgan fingerprint density at radius 1 is 1.06 bits per heavy atom. The first-order valence-corrected chi connectivity index (χ1v) is 7.31. The molecule has 3 rings (SSSR count). The van der Waals surface area contributed by atoms with Crippen molar-refractivity contribution in [2.24, 2.45) is 17.3 Å². The van der Waals surface area contributed by atoms with Gasteiger partial charge in [-0.3, -0.25) is 0 Å². The van der Waals surface area contributed by atoms with Crippen LogP contribution in [-0.2, 0) is 4.74 Å². The molecule has 2 aliphatic heterocycles. The minimum atomic E-state index is -0.709. The fourth-order valence-corrected chi connectivity index (χ4v) is 4.52. The zero-order chi connectivity index (χ0) is 13.2. The predicted octanol–water partition coefficient (Wildman–Crippen LogP) is 2.10. The molecule has 0 spiro atoms. The van der Waals surface area contributed by atoms with Crippen molar-refractivity contribution in [3.05, 3.63) is 0 Å². The van der Waals surface area contributed by atoms with Crippen LogP contribution >= 0.6 is 0 Å². The maximum atomic E-state index is 10.9. The van der Waals surface area contributed by atoms with Gasteiger partial charge in [0.2, 0.25) is 0 Å². The highest BCUT2D eigenvalue weighted by atomic mass is 16.5. The molecule has 0 radical (unpaired) electrons. The third-order valence-electron chi connectivity index (χ3n) is 6.08. The van der Waals surface area contributed by atoms with E-state index in [-0.39, 0.29) is 0 Å². The molecular weight excluding hydrogens is 228 g/mol. The van der Waals surface area contributed by atoms with E-state index >= 15 is 0 Å². The quantitative estimate of drug-likeness (QED) is 0.696. The summed E-state index contributed by atoms with van der Waals surface area (Å²) in [6.07, 6.45) is 3.97. The monoisotopic (exact) mass is 254 g/mol. The van der Waals surface area contributed by atoms with E-state index in [0.29, 0.717) is 36.7 Å². The van der Waals surface area contributed by atoms with Crippen LogP contribution in [0.5, 0.6) is 0 Å². The van der Waals surface area contributed by atoms with Gasteiger partial charge in [0, 0.05) is 0 Å². The molecule has 1 saturated carbocycles. The molecule has 5 atom stereocenters. The van der Waals surface area contributed by atoms with Crippen LogP contribution in [-0.4, -0.2) is 34.1 Å². The van der Waals surface area contributed by atoms with E-state index < -0.39 is 17.3 Å². The Balaban J connectivity index is 1.93. The lowest BCUT2D eigenvalue weighted by molar-refractivity contribution is -0.215. The van der Waals surface area contributed by atoms with E-state index in [2.05, 4.69) is 13.8 Å². The first-order valence-electron chi connectivity index (χ1n) is 7.31. The maximum Gasteiger partial charge on any atom is 0.0913 e. The number of hydrogen-bond acceptors (Lipinski definition) is 3. The minimum Gasteiger partial charge on any atom is -0.390 e. The molecule has 3 aliphatic rings. The third-order valence-corrected chi connectivity index (χ3v) is 6.08. The summed E-state index contributed by atoms with van der Waals surface area (Å²) in [6.45, 7) is 7.03. The smallest absolute Gasteiger partial charge is 0.0913 e. The van der Waals surface area contributed by atoms with Crippen molar-refractivity contribution in [3.8, 4) is 0 Å². The van der Waals surface area contributed by atoms with Gasteiger partial charge in [-0.1, -0.05) is 13.8 Å². The second-order valence-electron chi connectivity index (χ2n) is 7.70. The van der Waals surface area contributed by atoms with Gasteiger partial charge in [0.1, 0.15) is 0 Å². The SMILES string of the molecule is CC1(C)CC2C1CC[C@@]1(C)OC[C@]2(O)CC[C@@H]1O. The fourth-order valence-electron chi connectivity index (χ4n) is 4.52. The largest absolute Gasteiger partial charge is 0.390 e. The van der Waals surface area contributed by atoms with Gasteiger partial charge in [0.25, 0.3) is 0 Å². The zero-order valence-electron chi connectivity index (χ0n) is 11.8. The Hall–Kier alpha value is -0.120. The number of aliphatic hydroxyl groups excluding tert-OH is 1. The summed E-state index contributed by atoms with van der Waals surface area (Å²) < 4.78 is 5.93. The van der Waals surface area contributed by atoms with Crippen molar-refractivity contribution < 1.29 is 14.9 Å². The Morgan fingerprint density at radius 3 is 2.44 bits per heavy atom. The highest BCUT2D eigenvalue weighted by molar-refractivity contribution is 5.09. The first-order chi connectivity index (χ1) is 8.27. The van der Waals surface area contributed by atoms with Crippen molar-refractivity contribution in [1.29, 1.82) is 0 Å². The summed E-state index contributed by atoms with van der Waals surface area (Å²) in [5.74, 6) is 0.943. The normalized spacial score (nSPS) is 54.8. The van der Waals surface area contributed by atoms with Crippen molar-refractivity contribution in [2.75, 3.05) is 6.61 Å². The van der Waals surface area contributed by atoms with E-state index in [1.165, 1.54) is 0 Å². The standard InChI is InChI=1S/C15H26O3/c1-13(2)8-11-10(13)4-6-14(3)12(16)5-7-15(11,17)9-18-14/h10-12,16-17H,4-9H2,1-3H3/t10?,11?,12-,14+,15+/m0/s1. The van der Waals surface area contributed by atoms with Gasteiger partial charge in [-0.05, 0) is 56.3 Å². The molecule has 104 valence electrons. The van der Waals surface area contributed by atoms with Crippen LogP contribution in [0.4, 0.5) is 0 Å². The van der Waals surface area contributed by atoms with Crippen LogP contribution in [0.1, 0.15) is 52.9 Å². The molecular formula is C15H26O3. The summed E-state index contributed by atoms with van der Waals surface area (Å²) in [7, 11) is 0. The van der Waals surface area contributed by atoms with Crippen molar-refractivity contribution >= 4 is 0 Å². The molecule has 1 aliphatic carbocycles. The lowest BCUT2D eigenvalue weighted by Gasteiger charge is -2.59. The van der Waals surface area contributed by atoms with Crippen LogP contribution in [0.25, 0.3) is 0 Å². The summed E-state index contributed by atoms with van der Waals surface area (Å²) in [6, 6.07) is 0. The minimum absolute atomic E-state index is 0.339. The second kappa shape index (κ2) is 3.71. The average Bonchev–Trinajstić information content (AvgIpc) is 2.37. The molecule has 2 heterocycles. The summed E-state index contributed by atoms with van der Waals surface area (Å²) in [4.78, 5) is 0. The van der Waals surface area contributed by atoms with Gasteiger partial charge in [-0.25, -0.2) is 0 Å². The Bertz CT molecular complexity index is 354. The number of fused-ring (bicyclic) bond motifs is 5. The molecule has 0 amide bonds. The molecule has 2 N–H and O–H groups in total. The molecule has 2 bridgehead atoms. The van der Waals surface area contributed by atoms with Crippen LogP contribution < -0.4 is 0 Å². The molecule has 0 aromatic carbocycles. The highest BCUT2D eigenvalue weighted by Gasteiger charge is 2.59. The van der Waals surface area contributed by atoms with Crippen molar-refractivity contribution in [3.63, 3.8) is 0 Å². The topological polar surface area (TPSA) is 49.7 Å². The summed E-state index contributed by atoms with van der Waals surface area (Å²) in [5, 5.41) is 21.2. The van der Waals surface area contributed by atoms with Crippen molar-refractivity contribution in [2.45, 2.75) is 70.2 Å². The zero-order valence-corrected chi connectivity index (χ0v) is 11.8. The van der Waals surface area contributed by atoms with E-state index in [9.17, 15) is 10.2 Å². The van der Waals surface area contributed by atoms with E-state index in [4.69, 9.17) is 4.74 Å². The highest BCUT2D eigenvalue weighted by Crippen LogP contribution is 2.60. The summed E-state index contributed by atoms with van der Waals surface area (Å²) in [5.41, 5.74) is -0.827. The van der Waals surface area contributed by atoms with Gasteiger partial charge in [0.15, 0.2) is 0 Å². The molecule has 18 heavy (non-hydrogen) atoms. The van der Waals surface area contributed by atoms with Crippen LogP contribution in [0, 0.1) is 17.3 Å². The molecule has 2 unspecified atom stereocenters.